The molecule has 1 aromatic carbocycles. The lowest BCUT2D eigenvalue weighted by Crippen LogP contribution is -2.40. The highest BCUT2D eigenvalue weighted by atomic mass is 32.1. The third-order valence-corrected chi connectivity index (χ3v) is 5.50. The van der Waals surface area contributed by atoms with Crippen LogP contribution in [0, 0.1) is 10.7 Å². The Kier molecular flexibility index (Phi) is 7.27. The van der Waals surface area contributed by atoms with Crippen LogP contribution in [0.3, 0.4) is 0 Å². The largest absolute Gasteiger partial charge is 0.497 e. The lowest BCUT2D eigenvalue weighted by molar-refractivity contribution is -0.150. The number of esters is 1. The molecule has 9 heteroatoms. The second-order valence-electron chi connectivity index (χ2n) is 7.03. The van der Waals surface area contributed by atoms with Crippen LogP contribution in [-0.2, 0) is 29.9 Å². The van der Waals surface area contributed by atoms with Crippen molar-refractivity contribution in [3.05, 3.63) is 34.9 Å². The Hall–Kier alpha value is -2.39. The normalized spacial score (nSPS) is 17.1. The van der Waals surface area contributed by atoms with Crippen molar-refractivity contribution in [1.29, 1.82) is 0 Å². The number of nitrogens with zero attached hydrogens (tertiary/aromatic N) is 4. The quantitative estimate of drug-likeness (QED) is 0.480. The fourth-order valence-corrected chi connectivity index (χ4v) is 3.60. The topological polar surface area (TPSA) is 70.8 Å². The van der Waals surface area contributed by atoms with Crippen LogP contribution in [0.2, 0.25) is 0 Å². The first kappa shape index (κ1) is 21.3. The van der Waals surface area contributed by atoms with Gasteiger partial charge in [-0.15, -0.1) is 0 Å². The summed E-state index contributed by atoms with van der Waals surface area (Å²) in [5.41, 5.74) is 0. The predicted octanol–water partition coefficient (Wildman–Crippen LogP) is 2.77. The third kappa shape index (κ3) is 5.36. The number of likely N-dealkylation sites (tertiary alicyclic amines) is 1. The van der Waals surface area contributed by atoms with Crippen LogP contribution in [0.25, 0.3) is 0 Å². The molecule has 0 radical (unpaired) electrons. The van der Waals surface area contributed by atoms with Crippen molar-refractivity contribution < 1.29 is 19.0 Å². The van der Waals surface area contributed by atoms with E-state index in [4.69, 9.17) is 26.4 Å². The van der Waals surface area contributed by atoms with E-state index in [-0.39, 0.29) is 11.9 Å². The Bertz CT molecular complexity index is 878. The highest BCUT2D eigenvalue weighted by Crippen LogP contribution is 2.20. The molecule has 0 spiro atoms. The van der Waals surface area contributed by atoms with Crippen molar-refractivity contribution in [2.24, 2.45) is 13.0 Å². The van der Waals surface area contributed by atoms with Crippen LogP contribution in [0.5, 0.6) is 11.5 Å². The highest BCUT2D eigenvalue weighted by molar-refractivity contribution is 7.71. The maximum Gasteiger partial charge on any atom is 0.310 e. The van der Waals surface area contributed by atoms with Crippen LogP contribution < -0.4 is 9.47 Å². The predicted molar refractivity (Wildman–Crippen MR) is 110 cm³/mol. The van der Waals surface area contributed by atoms with Gasteiger partial charge in [-0.2, -0.15) is 5.10 Å². The van der Waals surface area contributed by atoms with Gasteiger partial charge in [0.2, 0.25) is 0 Å². The van der Waals surface area contributed by atoms with Crippen LogP contribution in [0.4, 0.5) is 0 Å². The summed E-state index contributed by atoms with van der Waals surface area (Å²) >= 11 is 5.54. The smallest absolute Gasteiger partial charge is 0.310 e. The van der Waals surface area contributed by atoms with E-state index in [9.17, 15) is 4.79 Å². The number of piperidine rings is 1. The van der Waals surface area contributed by atoms with E-state index in [0.717, 1.165) is 36.7 Å². The summed E-state index contributed by atoms with van der Waals surface area (Å²) in [5.74, 6) is 2.06. The third-order valence-electron chi connectivity index (χ3n) is 5.02. The van der Waals surface area contributed by atoms with Crippen LogP contribution in [0.15, 0.2) is 24.3 Å². The molecule has 1 aromatic heterocycles. The second-order valence-corrected chi connectivity index (χ2v) is 7.40. The summed E-state index contributed by atoms with van der Waals surface area (Å²) in [6, 6.07) is 7.41. The monoisotopic (exact) mass is 420 g/mol. The molecular weight excluding hydrogens is 392 g/mol. The summed E-state index contributed by atoms with van der Waals surface area (Å²) in [7, 11) is 3.51. The minimum Gasteiger partial charge on any atom is -0.497 e. The van der Waals surface area contributed by atoms with E-state index in [1.807, 2.05) is 42.8 Å². The number of aromatic nitrogens is 3. The molecule has 1 atom stereocenters. The van der Waals surface area contributed by atoms with Gasteiger partial charge in [-0.25, -0.2) is 4.68 Å². The molecule has 0 unspecified atom stereocenters. The summed E-state index contributed by atoms with van der Waals surface area (Å²) in [4.78, 5) is 14.3. The number of methoxy groups -OCH3 is 1. The van der Waals surface area contributed by atoms with Gasteiger partial charge in [0.25, 0.3) is 0 Å². The maximum atomic E-state index is 12.1. The number of hydrogen-bond acceptors (Lipinski definition) is 7. The zero-order valence-corrected chi connectivity index (χ0v) is 18.0. The van der Waals surface area contributed by atoms with Gasteiger partial charge in [0.15, 0.2) is 10.6 Å². The molecule has 2 heterocycles. The number of carbonyl (C=O) groups excluding carboxylic acids is 1. The molecule has 1 saturated heterocycles. The molecule has 0 saturated carbocycles. The fourth-order valence-electron chi connectivity index (χ4n) is 3.40. The van der Waals surface area contributed by atoms with Crippen LogP contribution >= 0.6 is 12.2 Å². The van der Waals surface area contributed by atoms with E-state index >= 15 is 0 Å². The van der Waals surface area contributed by atoms with E-state index in [2.05, 4.69) is 10.00 Å². The molecule has 0 bridgehead atoms. The van der Waals surface area contributed by atoms with E-state index in [1.165, 1.54) is 0 Å². The number of hydrogen-bond donors (Lipinski definition) is 0. The Balaban J connectivity index is 1.62. The van der Waals surface area contributed by atoms with Gasteiger partial charge in [-0.3, -0.25) is 9.69 Å². The first-order valence-electron chi connectivity index (χ1n) is 9.80. The van der Waals surface area contributed by atoms with E-state index in [1.54, 1.807) is 11.8 Å². The molecule has 0 N–H and O–H groups in total. The van der Waals surface area contributed by atoms with Crippen molar-refractivity contribution in [3.8, 4) is 11.5 Å². The number of ether oxygens (including phenoxy) is 3. The number of carbonyl (C=O) groups is 1. The molecular formula is C20H28N4O4S. The lowest BCUT2D eigenvalue weighted by Gasteiger charge is -2.31. The molecule has 2 aromatic rings. The lowest BCUT2D eigenvalue weighted by atomic mass is 9.99. The average molecular weight is 421 g/mol. The van der Waals surface area contributed by atoms with Crippen molar-refractivity contribution >= 4 is 18.2 Å². The van der Waals surface area contributed by atoms with E-state index < -0.39 is 0 Å². The van der Waals surface area contributed by atoms with Gasteiger partial charge in [0.05, 0.1) is 26.3 Å². The van der Waals surface area contributed by atoms with Crippen molar-refractivity contribution in [1.82, 2.24) is 19.2 Å². The van der Waals surface area contributed by atoms with Gasteiger partial charge in [-0.05, 0) is 62.8 Å². The maximum absolute atomic E-state index is 12.1. The Labute approximate surface area is 176 Å². The molecule has 29 heavy (non-hydrogen) atoms. The first-order valence-corrected chi connectivity index (χ1v) is 10.2. The Morgan fingerprint density at radius 2 is 2.00 bits per heavy atom. The minimum atomic E-state index is -0.115. The molecule has 8 nitrogen and oxygen atoms in total. The zero-order valence-electron chi connectivity index (χ0n) is 17.2. The SMILES string of the molecule is CCOC(=O)[C@H]1CCCN(Cn2nc(COc3ccc(OC)cc3)n(C)c2=S)C1. The fraction of sp³-hybridized carbons (Fsp3) is 0.550. The summed E-state index contributed by atoms with van der Waals surface area (Å²) < 4.78 is 20.4. The van der Waals surface area contributed by atoms with Crippen LogP contribution in [-0.4, -0.2) is 52.0 Å². The van der Waals surface area contributed by atoms with E-state index in [0.29, 0.717) is 31.2 Å². The van der Waals surface area contributed by atoms with Crippen molar-refractivity contribution in [2.75, 3.05) is 26.8 Å². The number of rotatable bonds is 8. The Morgan fingerprint density at radius 1 is 1.28 bits per heavy atom. The molecule has 1 aliphatic rings. The molecule has 0 aliphatic carbocycles. The standard InChI is InChI=1S/C20H28N4O4S/c1-4-27-19(25)15-6-5-11-23(12-15)14-24-20(29)22(2)18(21-24)13-28-17-9-7-16(26-3)8-10-17/h7-10,15H,4-6,11-14H2,1-3H3/t15-/m0/s1. The zero-order chi connectivity index (χ0) is 20.8. The summed E-state index contributed by atoms with van der Waals surface area (Å²) in [5, 5.41) is 4.63. The molecule has 0 amide bonds. The average Bonchev–Trinajstić information content (AvgIpc) is 3.01. The minimum absolute atomic E-state index is 0.0838. The second kappa shape index (κ2) is 9.89. The first-order chi connectivity index (χ1) is 14.0. The Morgan fingerprint density at radius 3 is 2.69 bits per heavy atom. The molecule has 158 valence electrons. The highest BCUT2D eigenvalue weighted by Gasteiger charge is 2.27. The van der Waals surface area contributed by atoms with Gasteiger partial charge in [-0.1, -0.05) is 0 Å². The molecule has 1 aliphatic heterocycles. The van der Waals surface area contributed by atoms with Crippen molar-refractivity contribution in [3.63, 3.8) is 0 Å². The molecule has 1 fully saturated rings. The van der Waals surface area contributed by atoms with Gasteiger partial charge in [0.1, 0.15) is 18.1 Å². The summed E-state index contributed by atoms with van der Waals surface area (Å²) in [6.07, 6.45) is 1.82. The summed E-state index contributed by atoms with van der Waals surface area (Å²) in [6.45, 7) is 4.68. The van der Waals surface area contributed by atoms with Gasteiger partial charge < -0.3 is 18.8 Å². The molecule has 3 rings (SSSR count). The van der Waals surface area contributed by atoms with Gasteiger partial charge in [0, 0.05) is 13.6 Å². The van der Waals surface area contributed by atoms with Crippen LogP contribution in [0.1, 0.15) is 25.6 Å². The van der Waals surface area contributed by atoms with Gasteiger partial charge >= 0.3 is 5.97 Å². The van der Waals surface area contributed by atoms with Crippen molar-refractivity contribution in [2.45, 2.75) is 33.0 Å². The number of benzene rings is 1.